The Kier molecular flexibility index (Phi) is 7.03. The van der Waals surface area contributed by atoms with Crippen molar-refractivity contribution in [1.82, 2.24) is 0 Å². The van der Waals surface area contributed by atoms with E-state index in [-0.39, 0.29) is 0 Å². The minimum absolute atomic E-state index is 0.380. The van der Waals surface area contributed by atoms with Gasteiger partial charge in [-0.25, -0.2) is 4.79 Å². The number of benzene rings is 1. The Morgan fingerprint density at radius 1 is 0.964 bits per heavy atom. The molecule has 28 heavy (non-hydrogen) atoms. The Morgan fingerprint density at radius 3 is 2.00 bits per heavy atom. The molecule has 0 saturated heterocycles. The van der Waals surface area contributed by atoms with Gasteiger partial charge in [0, 0.05) is 5.56 Å². The fourth-order valence-corrected chi connectivity index (χ4v) is 5.56. The summed E-state index contributed by atoms with van der Waals surface area (Å²) < 4.78 is 12.2. The lowest BCUT2D eigenvalue weighted by atomic mass is 9.62. The highest BCUT2D eigenvalue weighted by atomic mass is 16.7. The molecule has 1 heterocycles. The summed E-state index contributed by atoms with van der Waals surface area (Å²) in [7, 11) is 0. The predicted molar refractivity (Wildman–Crippen MR) is 110 cm³/mol. The molecule has 1 aromatic carbocycles. The van der Waals surface area contributed by atoms with Gasteiger partial charge in [-0.05, 0) is 56.6 Å². The normalized spacial score (nSPS) is 25.0. The first-order chi connectivity index (χ1) is 13.6. The molecular formula is C24H36O4. The number of fused-ring (bicyclic) bond motifs is 1. The zero-order valence-corrected chi connectivity index (χ0v) is 17.7. The van der Waals surface area contributed by atoms with Gasteiger partial charge in [0.05, 0.1) is 0 Å². The van der Waals surface area contributed by atoms with Gasteiger partial charge in [-0.15, -0.1) is 0 Å². The van der Waals surface area contributed by atoms with Crippen molar-refractivity contribution in [3.05, 3.63) is 29.3 Å². The summed E-state index contributed by atoms with van der Waals surface area (Å²) in [4.78, 5) is 11.8. The van der Waals surface area contributed by atoms with Crippen LogP contribution in [0.5, 0.6) is 5.75 Å². The lowest BCUT2D eigenvalue weighted by Gasteiger charge is -2.52. The SMILES string of the molecule is CC.Cc1ccc2c(c1)C(C1CCCCC1)(C1CCCCC1)OC(C(=O)O)O2. The lowest BCUT2D eigenvalue weighted by molar-refractivity contribution is -0.252. The fraction of sp³-hybridized carbons (Fsp3) is 0.708. The smallest absolute Gasteiger partial charge is 0.373 e. The van der Waals surface area contributed by atoms with E-state index < -0.39 is 17.9 Å². The van der Waals surface area contributed by atoms with Gasteiger partial charge in [-0.3, -0.25) is 0 Å². The zero-order valence-electron chi connectivity index (χ0n) is 17.7. The minimum atomic E-state index is -1.20. The standard InChI is InChI=1S/C22H30O4.C2H6/c1-15-12-13-19-18(14-15)22(16-8-4-2-5-9-16,17-10-6-3-7-11-17)26-21(25-19)20(23)24;1-2/h12-14,16-17,21H,2-11H2,1H3,(H,23,24);1-2H3. The van der Waals surface area contributed by atoms with Crippen molar-refractivity contribution in [3.63, 3.8) is 0 Å². The van der Waals surface area contributed by atoms with Crippen LogP contribution in [0.1, 0.15) is 89.2 Å². The van der Waals surface area contributed by atoms with Crippen LogP contribution in [0, 0.1) is 18.8 Å². The van der Waals surface area contributed by atoms with Crippen molar-refractivity contribution in [2.45, 2.75) is 96.9 Å². The third-order valence-corrected chi connectivity index (χ3v) is 6.72. The average Bonchev–Trinajstić information content (AvgIpc) is 2.75. The van der Waals surface area contributed by atoms with E-state index in [1.165, 1.54) is 44.1 Å². The minimum Gasteiger partial charge on any atom is -0.477 e. The Bertz CT molecular complexity index is 639. The molecule has 2 fully saturated rings. The van der Waals surface area contributed by atoms with Crippen LogP contribution >= 0.6 is 0 Å². The summed E-state index contributed by atoms with van der Waals surface area (Å²) in [6.07, 6.45) is 10.7. The summed E-state index contributed by atoms with van der Waals surface area (Å²) in [6.45, 7) is 6.09. The van der Waals surface area contributed by atoms with Gasteiger partial charge in [0.2, 0.25) is 0 Å². The summed E-state index contributed by atoms with van der Waals surface area (Å²) >= 11 is 0. The van der Waals surface area contributed by atoms with Gasteiger partial charge in [0.25, 0.3) is 6.29 Å². The highest BCUT2D eigenvalue weighted by Gasteiger charge is 2.54. The van der Waals surface area contributed by atoms with E-state index in [1.54, 1.807) is 0 Å². The number of aliphatic carboxylic acids is 1. The molecule has 1 aliphatic heterocycles. The Labute approximate surface area is 169 Å². The maximum Gasteiger partial charge on any atom is 0.373 e. The van der Waals surface area contributed by atoms with Gasteiger partial charge in [0.1, 0.15) is 11.4 Å². The molecule has 0 amide bonds. The molecule has 1 atom stereocenters. The molecule has 156 valence electrons. The number of carboxylic acids is 1. The predicted octanol–water partition coefficient (Wildman–Crippen LogP) is 6.20. The van der Waals surface area contributed by atoms with Crippen molar-refractivity contribution in [1.29, 1.82) is 0 Å². The molecule has 0 bridgehead atoms. The molecule has 4 heteroatoms. The van der Waals surface area contributed by atoms with Gasteiger partial charge in [0.15, 0.2) is 0 Å². The summed E-state index contributed by atoms with van der Waals surface area (Å²) in [5.74, 6) is 0.453. The maximum atomic E-state index is 11.8. The number of rotatable bonds is 3. The number of hydrogen-bond acceptors (Lipinski definition) is 3. The molecule has 4 rings (SSSR count). The largest absolute Gasteiger partial charge is 0.477 e. The second-order valence-corrected chi connectivity index (χ2v) is 8.37. The lowest BCUT2D eigenvalue weighted by Crippen LogP contribution is -2.54. The van der Waals surface area contributed by atoms with E-state index in [4.69, 9.17) is 9.47 Å². The topological polar surface area (TPSA) is 55.8 Å². The van der Waals surface area contributed by atoms with Gasteiger partial charge in [-0.2, -0.15) is 0 Å². The van der Waals surface area contributed by atoms with E-state index in [2.05, 4.69) is 13.0 Å². The average molecular weight is 389 g/mol. The van der Waals surface area contributed by atoms with E-state index in [0.29, 0.717) is 17.6 Å². The third kappa shape index (κ3) is 3.94. The highest BCUT2D eigenvalue weighted by molar-refractivity contribution is 5.72. The second kappa shape index (κ2) is 9.30. The summed E-state index contributed by atoms with van der Waals surface area (Å²) in [5.41, 5.74) is 1.78. The number of carboxylic acid groups (broad SMARTS) is 1. The summed E-state index contributed by atoms with van der Waals surface area (Å²) in [6, 6.07) is 6.15. The zero-order chi connectivity index (χ0) is 20.1. The van der Waals surface area contributed by atoms with E-state index in [1.807, 2.05) is 26.0 Å². The molecule has 0 aromatic heterocycles. The van der Waals surface area contributed by atoms with Gasteiger partial charge < -0.3 is 14.6 Å². The van der Waals surface area contributed by atoms with Crippen molar-refractivity contribution < 1.29 is 19.4 Å². The molecule has 1 unspecified atom stereocenters. The Balaban J connectivity index is 0.00000109. The number of aryl methyl sites for hydroxylation is 1. The van der Waals surface area contributed by atoms with Crippen LogP contribution in [0.25, 0.3) is 0 Å². The molecule has 2 saturated carbocycles. The first-order valence-corrected chi connectivity index (χ1v) is 11.3. The molecule has 4 nitrogen and oxygen atoms in total. The number of ether oxygens (including phenoxy) is 2. The van der Waals surface area contributed by atoms with E-state index >= 15 is 0 Å². The Morgan fingerprint density at radius 2 is 1.50 bits per heavy atom. The molecule has 2 aliphatic carbocycles. The van der Waals surface area contributed by atoms with Crippen LogP contribution < -0.4 is 4.74 Å². The number of hydrogen-bond donors (Lipinski definition) is 1. The second-order valence-electron chi connectivity index (χ2n) is 8.37. The molecule has 1 N–H and O–H groups in total. The van der Waals surface area contributed by atoms with Crippen LogP contribution in [-0.4, -0.2) is 17.4 Å². The van der Waals surface area contributed by atoms with Crippen molar-refractivity contribution in [2.24, 2.45) is 11.8 Å². The Hall–Kier alpha value is -1.55. The molecule has 3 aliphatic rings. The van der Waals surface area contributed by atoms with Crippen LogP contribution in [0.2, 0.25) is 0 Å². The van der Waals surface area contributed by atoms with Crippen LogP contribution in [0.4, 0.5) is 0 Å². The van der Waals surface area contributed by atoms with Crippen molar-refractivity contribution in [2.75, 3.05) is 0 Å². The van der Waals surface area contributed by atoms with Crippen LogP contribution in [0.15, 0.2) is 18.2 Å². The summed E-state index contributed by atoms with van der Waals surface area (Å²) in [5, 5.41) is 9.70. The van der Waals surface area contributed by atoms with E-state index in [9.17, 15) is 9.90 Å². The van der Waals surface area contributed by atoms with Gasteiger partial charge in [-0.1, -0.05) is 64.0 Å². The first kappa shape index (κ1) is 21.2. The highest BCUT2D eigenvalue weighted by Crippen LogP contribution is 2.56. The van der Waals surface area contributed by atoms with Gasteiger partial charge >= 0.3 is 5.97 Å². The van der Waals surface area contributed by atoms with E-state index in [0.717, 1.165) is 31.2 Å². The van der Waals surface area contributed by atoms with Crippen LogP contribution in [0.3, 0.4) is 0 Å². The first-order valence-electron chi connectivity index (χ1n) is 11.3. The van der Waals surface area contributed by atoms with Crippen molar-refractivity contribution >= 4 is 5.97 Å². The third-order valence-electron chi connectivity index (χ3n) is 6.72. The maximum absolute atomic E-state index is 11.8. The molecule has 0 radical (unpaired) electrons. The molecule has 0 spiro atoms. The molecular weight excluding hydrogens is 352 g/mol. The number of carbonyl (C=O) groups is 1. The fourth-order valence-electron chi connectivity index (χ4n) is 5.56. The molecule has 1 aromatic rings. The van der Waals surface area contributed by atoms with Crippen LogP contribution in [-0.2, 0) is 15.1 Å². The van der Waals surface area contributed by atoms with Crippen molar-refractivity contribution in [3.8, 4) is 5.75 Å². The monoisotopic (exact) mass is 388 g/mol. The quantitative estimate of drug-likeness (QED) is 0.670.